The molecule has 1 fully saturated rings. The molecule has 7 heteroatoms. The lowest BCUT2D eigenvalue weighted by Gasteiger charge is -2.37. The van der Waals surface area contributed by atoms with Crippen molar-refractivity contribution in [3.8, 4) is 5.69 Å². The van der Waals surface area contributed by atoms with Crippen molar-refractivity contribution in [1.29, 1.82) is 0 Å². The van der Waals surface area contributed by atoms with Gasteiger partial charge in [0.15, 0.2) is 0 Å². The molecular formula is C24H26FN3O3. The second-order valence-electron chi connectivity index (χ2n) is 8.20. The first-order valence-electron chi connectivity index (χ1n) is 10.5. The smallest absolute Gasteiger partial charge is 0.338 e. The number of halogens is 1. The van der Waals surface area contributed by atoms with Gasteiger partial charge in [0.2, 0.25) is 0 Å². The van der Waals surface area contributed by atoms with E-state index >= 15 is 0 Å². The molecule has 2 aromatic carbocycles. The molecule has 31 heavy (non-hydrogen) atoms. The van der Waals surface area contributed by atoms with Crippen LogP contribution < -0.4 is 5.56 Å². The van der Waals surface area contributed by atoms with Gasteiger partial charge in [-0.3, -0.25) is 19.2 Å². The molecular weight excluding hydrogens is 397 g/mol. The van der Waals surface area contributed by atoms with E-state index in [1.165, 1.54) is 22.8 Å². The minimum Gasteiger partial charge on any atom is -0.478 e. The number of benzene rings is 2. The van der Waals surface area contributed by atoms with Crippen molar-refractivity contribution in [1.82, 2.24) is 14.4 Å². The lowest BCUT2D eigenvalue weighted by atomic mass is 10.0. The summed E-state index contributed by atoms with van der Waals surface area (Å²) in [6.45, 7) is 7.88. The average Bonchev–Trinajstić information content (AvgIpc) is 2.74. The number of aromatic nitrogens is 1. The molecule has 6 nitrogen and oxygen atoms in total. The van der Waals surface area contributed by atoms with Gasteiger partial charge in [-0.05, 0) is 38.1 Å². The van der Waals surface area contributed by atoms with Crippen molar-refractivity contribution in [2.75, 3.05) is 26.2 Å². The summed E-state index contributed by atoms with van der Waals surface area (Å²) in [7, 11) is 0. The van der Waals surface area contributed by atoms with E-state index in [0.29, 0.717) is 34.7 Å². The molecule has 1 saturated heterocycles. The lowest BCUT2D eigenvalue weighted by molar-refractivity contribution is 0.0692. The Hall–Kier alpha value is -3.03. The van der Waals surface area contributed by atoms with Gasteiger partial charge in [0, 0.05) is 49.5 Å². The molecule has 0 unspecified atom stereocenters. The van der Waals surface area contributed by atoms with Crippen LogP contribution in [0.15, 0.2) is 53.3 Å². The first-order valence-corrected chi connectivity index (χ1v) is 10.5. The van der Waals surface area contributed by atoms with Crippen molar-refractivity contribution in [3.63, 3.8) is 0 Å². The highest BCUT2D eigenvalue weighted by molar-refractivity contribution is 6.04. The van der Waals surface area contributed by atoms with Crippen molar-refractivity contribution < 1.29 is 14.3 Å². The number of carboxylic acids is 1. The third-order valence-electron chi connectivity index (χ3n) is 5.98. The summed E-state index contributed by atoms with van der Waals surface area (Å²) >= 11 is 0. The van der Waals surface area contributed by atoms with Crippen LogP contribution in [0.3, 0.4) is 0 Å². The number of hydrogen-bond acceptors (Lipinski definition) is 4. The summed E-state index contributed by atoms with van der Waals surface area (Å²) < 4.78 is 15.4. The second-order valence-corrected chi connectivity index (χ2v) is 8.20. The largest absolute Gasteiger partial charge is 0.478 e. The third-order valence-corrected chi connectivity index (χ3v) is 5.98. The standard InChI is InChI=1S/C24H26FN3O3/c1-16(2)27-12-10-26(11-13-27)15-21-22(24(30)31)19-8-3-4-9-20(19)23(29)28(21)18-7-5-6-17(25)14-18/h3-9,14,16H,10-13,15H2,1-2H3,(H,30,31). The number of piperazine rings is 1. The zero-order valence-electron chi connectivity index (χ0n) is 17.7. The molecule has 1 aromatic heterocycles. The predicted molar refractivity (Wildman–Crippen MR) is 118 cm³/mol. The molecule has 3 aromatic rings. The van der Waals surface area contributed by atoms with Crippen molar-refractivity contribution in [2.45, 2.75) is 26.4 Å². The highest BCUT2D eigenvalue weighted by Crippen LogP contribution is 2.25. The van der Waals surface area contributed by atoms with Gasteiger partial charge in [0.25, 0.3) is 5.56 Å². The van der Waals surface area contributed by atoms with Crippen LogP contribution in [0.2, 0.25) is 0 Å². The van der Waals surface area contributed by atoms with Crippen LogP contribution in [0.25, 0.3) is 16.5 Å². The van der Waals surface area contributed by atoms with Gasteiger partial charge in [-0.2, -0.15) is 0 Å². The van der Waals surface area contributed by atoms with Crippen LogP contribution in [0, 0.1) is 5.82 Å². The number of carbonyl (C=O) groups is 1. The van der Waals surface area contributed by atoms with E-state index in [1.807, 2.05) is 0 Å². The van der Waals surface area contributed by atoms with E-state index in [4.69, 9.17) is 0 Å². The van der Waals surface area contributed by atoms with E-state index in [9.17, 15) is 19.1 Å². The summed E-state index contributed by atoms with van der Waals surface area (Å²) in [5, 5.41) is 10.8. The highest BCUT2D eigenvalue weighted by Gasteiger charge is 2.26. The fraction of sp³-hybridized carbons (Fsp3) is 0.333. The van der Waals surface area contributed by atoms with E-state index in [-0.39, 0.29) is 11.1 Å². The monoisotopic (exact) mass is 423 g/mol. The van der Waals surface area contributed by atoms with Gasteiger partial charge in [-0.1, -0.05) is 24.3 Å². The SMILES string of the molecule is CC(C)N1CCN(Cc2c(C(=O)O)c3ccccc3c(=O)n2-c2cccc(F)c2)CC1. The van der Waals surface area contributed by atoms with Gasteiger partial charge in [-0.25, -0.2) is 9.18 Å². The average molecular weight is 423 g/mol. The molecule has 0 atom stereocenters. The van der Waals surface area contributed by atoms with Crippen LogP contribution >= 0.6 is 0 Å². The summed E-state index contributed by atoms with van der Waals surface area (Å²) in [5.41, 5.74) is 0.446. The normalized spacial score (nSPS) is 15.6. The molecule has 0 radical (unpaired) electrons. The van der Waals surface area contributed by atoms with Crippen LogP contribution in [0.1, 0.15) is 29.9 Å². The minimum absolute atomic E-state index is 0.0887. The second kappa shape index (κ2) is 8.61. The molecule has 4 rings (SSSR count). The maximum absolute atomic E-state index is 14.0. The maximum atomic E-state index is 14.0. The summed E-state index contributed by atoms with van der Waals surface area (Å²) in [4.78, 5) is 30.3. The fourth-order valence-electron chi connectivity index (χ4n) is 4.32. The zero-order chi connectivity index (χ0) is 22.1. The Labute approximate surface area is 180 Å². The van der Waals surface area contributed by atoms with E-state index in [1.54, 1.807) is 30.3 Å². The molecule has 1 N–H and O–H groups in total. The van der Waals surface area contributed by atoms with Crippen molar-refractivity contribution in [2.24, 2.45) is 0 Å². The first kappa shape index (κ1) is 21.2. The van der Waals surface area contributed by atoms with E-state index < -0.39 is 11.8 Å². The van der Waals surface area contributed by atoms with E-state index in [2.05, 4.69) is 23.6 Å². The van der Waals surface area contributed by atoms with Crippen molar-refractivity contribution >= 4 is 16.7 Å². The zero-order valence-corrected chi connectivity index (χ0v) is 17.7. The Balaban J connectivity index is 1.89. The maximum Gasteiger partial charge on any atom is 0.338 e. The van der Waals surface area contributed by atoms with Gasteiger partial charge in [-0.15, -0.1) is 0 Å². The quantitative estimate of drug-likeness (QED) is 0.682. The summed E-state index contributed by atoms with van der Waals surface area (Å²) in [6.07, 6.45) is 0. The number of carboxylic acid groups (broad SMARTS) is 1. The van der Waals surface area contributed by atoms with Gasteiger partial charge >= 0.3 is 5.97 Å². The third kappa shape index (κ3) is 4.11. The Morgan fingerprint density at radius 1 is 1.03 bits per heavy atom. The van der Waals surface area contributed by atoms with Crippen LogP contribution in [0.4, 0.5) is 4.39 Å². The van der Waals surface area contributed by atoms with Gasteiger partial charge in [0.1, 0.15) is 5.82 Å². The number of fused-ring (bicyclic) bond motifs is 1. The van der Waals surface area contributed by atoms with Crippen LogP contribution in [0.5, 0.6) is 0 Å². The topological polar surface area (TPSA) is 65.8 Å². The number of pyridine rings is 1. The molecule has 0 amide bonds. The van der Waals surface area contributed by atoms with Crippen LogP contribution in [-0.2, 0) is 6.54 Å². The number of rotatable bonds is 5. The first-order chi connectivity index (χ1) is 14.9. The lowest BCUT2D eigenvalue weighted by Crippen LogP contribution is -2.49. The van der Waals surface area contributed by atoms with Crippen molar-refractivity contribution in [3.05, 3.63) is 76.0 Å². The molecule has 1 aliphatic heterocycles. The Morgan fingerprint density at radius 2 is 1.71 bits per heavy atom. The number of aromatic carboxylic acids is 1. The summed E-state index contributed by atoms with van der Waals surface area (Å²) in [5.74, 6) is -1.58. The Kier molecular flexibility index (Phi) is 5.89. The molecule has 2 heterocycles. The van der Waals surface area contributed by atoms with E-state index in [0.717, 1.165) is 26.2 Å². The van der Waals surface area contributed by atoms with Gasteiger partial charge in [0.05, 0.1) is 16.9 Å². The Bertz CT molecular complexity index is 1180. The highest BCUT2D eigenvalue weighted by atomic mass is 19.1. The molecule has 0 spiro atoms. The molecule has 0 saturated carbocycles. The molecule has 162 valence electrons. The number of nitrogens with zero attached hydrogens (tertiary/aromatic N) is 3. The van der Waals surface area contributed by atoms with Gasteiger partial charge < -0.3 is 5.11 Å². The minimum atomic E-state index is -1.10. The van der Waals surface area contributed by atoms with Crippen LogP contribution in [-0.4, -0.2) is 57.7 Å². The molecule has 1 aliphatic rings. The summed E-state index contributed by atoms with van der Waals surface area (Å²) in [6, 6.07) is 12.9. The predicted octanol–water partition coefficient (Wildman–Crippen LogP) is 3.35. The Morgan fingerprint density at radius 3 is 2.32 bits per heavy atom. The number of hydrogen-bond donors (Lipinski definition) is 1. The fourth-order valence-corrected chi connectivity index (χ4v) is 4.32. The molecule has 0 aliphatic carbocycles. The molecule has 0 bridgehead atoms.